The zero-order valence-corrected chi connectivity index (χ0v) is 12.4. The molecule has 3 atom stereocenters. The fourth-order valence-corrected chi connectivity index (χ4v) is 2.66. The first-order chi connectivity index (χ1) is 8.54. The lowest BCUT2D eigenvalue weighted by Crippen LogP contribution is -2.50. The minimum absolute atomic E-state index is 0.152. The minimum atomic E-state index is -0.152. The molecule has 0 aliphatic carbocycles. The number of nitrogens with one attached hydrogen (secondary N) is 1. The summed E-state index contributed by atoms with van der Waals surface area (Å²) >= 11 is 0. The maximum atomic E-state index is 9.48. The van der Waals surface area contributed by atoms with Crippen LogP contribution in [-0.4, -0.2) is 61.5 Å². The van der Waals surface area contributed by atoms with E-state index in [9.17, 15) is 5.11 Å². The van der Waals surface area contributed by atoms with Crippen LogP contribution in [0.1, 0.15) is 33.6 Å². The molecule has 1 heterocycles. The van der Waals surface area contributed by atoms with Gasteiger partial charge in [-0.2, -0.15) is 0 Å². The molecule has 1 aliphatic heterocycles. The predicted octanol–water partition coefficient (Wildman–Crippen LogP) is 1.09. The highest BCUT2D eigenvalue weighted by Crippen LogP contribution is 2.20. The molecule has 0 saturated carbocycles. The van der Waals surface area contributed by atoms with Gasteiger partial charge >= 0.3 is 0 Å². The summed E-state index contributed by atoms with van der Waals surface area (Å²) in [7, 11) is 1.81. The Morgan fingerprint density at radius 2 is 2.22 bits per heavy atom. The Hall–Kier alpha value is -0.160. The van der Waals surface area contributed by atoms with Crippen molar-refractivity contribution < 1.29 is 9.84 Å². The Balaban J connectivity index is 2.38. The van der Waals surface area contributed by atoms with Crippen LogP contribution in [0.15, 0.2) is 0 Å². The van der Waals surface area contributed by atoms with Crippen LogP contribution in [0.4, 0.5) is 0 Å². The van der Waals surface area contributed by atoms with Crippen LogP contribution in [0.2, 0.25) is 0 Å². The lowest BCUT2D eigenvalue weighted by atomic mass is 9.94. The first kappa shape index (κ1) is 15.9. The van der Waals surface area contributed by atoms with Gasteiger partial charge in [0.15, 0.2) is 0 Å². The van der Waals surface area contributed by atoms with E-state index < -0.39 is 0 Å². The van der Waals surface area contributed by atoms with Gasteiger partial charge in [0.05, 0.1) is 12.7 Å². The molecule has 0 bridgehead atoms. The van der Waals surface area contributed by atoms with Gasteiger partial charge in [0.1, 0.15) is 0 Å². The smallest absolute Gasteiger partial charge is 0.0724 e. The van der Waals surface area contributed by atoms with E-state index in [2.05, 4.69) is 31.0 Å². The Bertz CT molecular complexity index is 238. The van der Waals surface area contributed by atoms with Gasteiger partial charge in [0.25, 0.3) is 0 Å². The number of methoxy groups -OCH3 is 1. The van der Waals surface area contributed by atoms with E-state index in [1.165, 1.54) is 6.42 Å². The maximum absolute atomic E-state index is 9.48. The first-order valence-corrected chi connectivity index (χ1v) is 7.15. The Labute approximate surface area is 112 Å². The third kappa shape index (κ3) is 4.50. The van der Waals surface area contributed by atoms with E-state index in [4.69, 9.17) is 4.74 Å². The number of likely N-dealkylation sites (N-methyl/N-ethyl adjacent to an activating group) is 1. The highest BCUT2D eigenvalue weighted by Gasteiger charge is 2.28. The summed E-state index contributed by atoms with van der Waals surface area (Å²) in [5, 5.41) is 12.9. The van der Waals surface area contributed by atoms with Crippen molar-refractivity contribution in [2.24, 2.45) is 5.92 Å². The summed E-state index contributed by atoms with van der Waals surface area (Å²) in [4.78, 5) is 2.46. The van der Waals surface area contributed by atoms with E-state index in [0.29, 0.717) is 12.0 Å². The van der Waals surface area contributed by atoms with Crippen LogP contribution in [0, 0.1) is 5.92 Å². The number of likely N-dealkylation sites (tertiary alicyclic amines) is 1. The van der Waals surface area contributed by atoms with Crippen molar-refractivity contribution in [3.8, 4) is 0 Å². The molecule has 0 amide bonds. The number of aliphatic hydroxyl groups is 1. The molecule has 4 heteroatoms. The molecular formula is C14H30N2O2. The van der Waals surface area contributed by atoms with Crippen molar-refractivity contribution in [3.63, 3.8) is 0 Å². The summed E-state index contributed by atoms with van der Waals surface area (Å²) in [6.45, 7) is 10.7. The second-order valence-electron chi connectivity index (χ2n) is 5.84. The molecule has 0 radical (unpaired) electrons. The number of piperidine rings is 1. The predicted molar refractivity (Wildman–Crippen MR) is 74.8 cm³/mol. The first-order valence-electron chi connectivity index (χ1n) is 7.15. The molecule has 0 aromatic heterocycles. The molecule has 1 aliphatic rings. The third-order valence-electron chi connectivity index (χ3n) is 4.21. The molecular weight excluding hydrogens is 228 g/mol. The summed E-state index contributed by atoms with van der Waals surface area (Å²) in [5.74, 6) is 0.657. The number of aliphatic hydroxyl groups excluding tert-OH is 1. The highest BCUT2D eigenvalue weighted by atomic mass is 16.5. The van der Waals surface area contributed by atoms with E-state index in [-0.39, 0.29) is 12.1 Å². The fraction of sp³-hybridized carbons (Fsp3) is 1.00. The van der Waals surface area contributed by atoms with Crippen LogP contribution in [-0.2, 0) is 4.74 Å². The largest absolute Gasteiger partial charge is 0.394 e. The van der Waals surface area contributed by atoms with Crippen LogP contribution in [0.25, 0.3) is 0 Å². The van der Waals surface area contributed by atoms with Gasteiger partial charge in [0.2, 0.25) is 0 Å². The third-order valence-corrected chi connectivity index (χ3v) is 4.21. The Kier molecular flexibility index (Phi) is 6.57. The average molecular weight is 258 g/mol. The zero-order valence-electron chi connectivity index (χ0n) is 12.4. The topological polar surface area (TPSA) is 44.7 Å². The summed E-state index contributed by atoms with van der Waals surface area (Å²) in [5.41, 5.74) is -0.152. The SMILES string of the molecule is CCNC(C)(CO)CCN1CCC(C)C(OC)C1. The monoisotopic (exact) mass is 258 g/mol. The lowest BCUT2D eigenvalue weighted by molar-refractivity contribution is -0.00810. The molecule has 4 nitrogen and oxygen atoms in total. The summed E-state index contributed by atoms with van der Waals surface area (Å²) in [6.07, 6.45) is 2.54. The van der Waals surface area contributed by atoms with Gasteiger partial charge in [-0.3, -0.25) is 0 Å². The van der Waals surface area contributed by atoms with Crippen LogP contribution in [0.3, 0.4) is 0 Å². The van der Waals surface area contributed by atoms with Crippen molar-refractivity contribution >= 4 is 0 Å². The Morgan fingerprint density at radius 1 is 1.50 bits per heavy atom. The second-order valence-corrected chi connectivity index (χ2v) is 5.84. The van der Waals surface area contributed by atoms with Crippen molar-refractivity contribution in [1.29, 1.82) is 0 Å². The van der Waals surface area contributed by atoms with Gasteiger partial charge in [0, 0.05) is 25.7 Å². The van der Waals surface area contributed by atoms with E-state index >= 15 is 0 Å². The van der Waals surface area contributed by atoms with E-state index in [1.807, 2.05) is 0 Å². The summed E-state index contributed by atoms with van der Waals surface area (Å²) in [6, 6.07) is 0. The summed E-state index contributed by atoms with van der Waals surface area (Å²) < 4.78 is 5.53. The standard InChI is InChI=1S/C14H30N2O2/c1-5-15-14(3,11-17)7-9-16-8-6-12(2)13(10-16)18-4/h12-13,15,17H,5-11H2,1-4H3. The van der Waals surface area contributed by atoms with Gasteiger partial charge < -0.3 is 20.1 Å². The maximum Gasteiger partial charge on any atom is 0.0724 e. The molecule has 1 rings (SSSR count). The highest BCUT2D eigenvalue weighted by molar-refractivity contribution is 4.85. The number of hydrogen-bond acceptors (Lipinski definition) is 4. The minimum Gasteiger partial charge on any atom is -0.394 e. The molecule has 0 spiro atoms. The quantitative estimate of drug-likeness (QED) is 0.717. The molecule has 2 N–H and O–H groups in total. The molecule has 108 valence electrons. The molecule has 1 fully saturated rings. The van der Waals surface area contributed by atoms with E-state index in [1.54, 1.807) is 7.11 Å². The number of ether oxygens (including phenoxy) is 1. The molecule has 0 aromatic rings. The van der Waals surface area contributed by atoms with E-state index in [0.717, 1.165) is 32.6 Å². The van der Waals surface area contributed by atoms with Crippen molar-refractivity contribution in [1.82, 2.24) is 10.2 Å². The molecule has 1 saturated heterocycles. The van der Waals surface area contributed by atoms with Crippen molar-refractivity contribution in [2.75, 3.05) is 39.9 Å². The lowest BCUT2D eigenvalue weighted by Gasteiger charge is -2.38. The number of hydrogen-bond donors (Lipinski definition) is 2. The number of rotatable bonds is 7. The van der Waals surface area contributed by atoms with Gasteiger partial charge in [-0.05, 0) is 38.8 Å². The second kappa shape index (κ2) is 7.43. The molecule has 3 unspecified atom stereocenters. The molecule has 18 heavy (non-hydrogen) atoms. The van der Waals surface area contributed by atoms with Crippen molar-refractivity contribution in [2.45, 2.75) is 45.3 Å². The van der Waals surface area contributed by atoms with Gasteiger partial charge in [-0.25, -0.2) is 0 Å². The Morgan fingerprint density at radius 3 is 2.78 bits per heavy atom. The van der Waals surface area contributed by atoms with Crippen LogP contribution in [0.5, 0.6) is 0 Å². The van der Waals surface area contributed by atoms with Gasteiger partial charge in [-0.15, -0.1) is 0 Å². The zero-order chi connectivity index (χ0) is 13.6. The van der Waals surface area contributed by atoms with Crippen LogP contribution >= 0.6 is 0 Å². The normalized spacial score (nSPS) is 29.2. The number of nitrogens with zero attached hydrogens (tertiary/aromatic N) is 1. The fourth-order valence-electron chi connectivity index (χ4n) is 2.66. The molecule has 0 aromatic carbocycles. The van der Waals surface area contributed by atoms with Gasteiger partial charge in [-0.1, -0.05) is 13.8 Å². The average Bonchev–Trinajstić information content (AvgIpc) is 2.38. The van der Waals surface area contributed by atoms with Crippen LogP contribution < -0.4 is 5.32 Å². The van der Waals surface area contributed by atoms with Crippen molar-refractivity contribution in [3.05, 3.63) is 0 Å².